The number of aliphatic hydroxyl groups is 1. The molecule has 0 bridgehead atoms. The van der Waals surface area contributed by atoms with Crippen LogP contribution in [0.25, 0.3) is 0 Å². The quantitative estimate of drug-likeness (QED) is 0.512. The van der Waals surface area contributed by atoms with E-state index in [2.05, 4.69) is 6.58 Å². The predicted molar refractivity (Wildman–Crippen MR) is 77.4 cm³/mol. The molecule has 0 saturated carbocycles. The number of nitro benzene ring substituents is 1. The number of para-hydroxylation sites is 1. The Labute approximate surface area is 117 Å². The number of benzene rings is 2. The zero-order valence-corrected chi connectivity index (χ0v) is 10.8. The summed E-state index contributed by atoms with van der Waals surface area (Å²) in [4.78, 5) is 10.6. The Morgan fingerprint density at radius 2 is 1.70 bits per heavy atom. The monoisotopic (exact) mass is 269 g/mol. The Bertz CT molecular complexity index is 610. The summed E-state index contributed by atoms with van der Waals surface area (Å²) in [5.41, 5.74) is 1.09. The number of hydrogen-bond donors (Lipinski definition) is 1. The van der Waals surface area contributed by atoms with Crippen LogP contribution < -0.4 is 0 Å². The van der Waals surface area contributed by atoms with Gasteiger partial charge in [0.2, 0.25) is 0 Å². The molecule has 2 aromatic carbocycles. The van der Waals surface area contributed by atoms with E-state index in [0.717, 1.165) is 5.56 Å². The first kappa shape index (κ1) is 14.0. The van der Waals surface area contributed by atoms with E-state index in [4.69, 9.17) is 0 Å². The summed E-state index contributed by atoms with van der Waals surface area (Å²) in [5, 5.41) is 21.5. The van der Waals surface area contributed by atoms with Crippen LogP contribution in [0.2, 0.25) is 0 Å². The molecule has 0 radical (unpaired) electrons. The molecule has 0 aliphatic rings. The summed E-state index contributed by atoms with van der Waals surface area (Å²) in [7, 11) is 0. The van der Waals surface area contributed by atoms with E-state index in [9.17, 15) is 15.2 Å². The van der Waals surface area contributed by atoms with Gasteiger partial charge in [0, 0.05) is 12.0 Å². The maximum absolute atomic E-state index is 11.0. The van der Waals surface area contributed by atoms with E-state index in [-0.39, 0.29) is 5.69 Å². The first-order chi connectivity index (χ1) is 9.65. The van der Waals surface area contributed by atoms with Crippen LogP contribution in [0.5, 0.6) is 0 Å². The van der Waals surface area contributed by atoms with Gasteiger partial charge < -0.3 is 5.11 Å². The molecule has 0 fully saturated rings. The molecule has 0 aromatic heterocycles. The van der Waals surface area contributed by atoms with Crippen LogP contribution in [0.3, 0.4) is 0 Å². The minimum atomic E-state index is -1.00. The van der Waals surface area contributed by atoms with Gasteiger partial charge in [-0.25, -0.2) is 0 Å². The van der Waals surface area contributed by atoms with Crippen LogP contribution in [0.4, 0.5) is 5.69 Å². The van der Waals surface area contributed by atoms with Crippen molar-refractivity contribution in [2.24, 2.45) is 0 Å². The first-order valence-electron chi connectivity index (χ1n) is 6.24. The summed E-state index contributed by atoms with van der Waals surface area (Å²) in [6.45, 7) is 3.73. The summed E-state index contributed by atoms with van der Waals surface area (Å²) in [5.74, 6) is -0.391. The minimum absolute atomic E-state index is 0.0808. The molecule has 4 nitrogen and oxygen atoms in total. The number of aliphatic hydroxyl groups excluding tert-OH is 1. The highest BCUT2D eigenvalue weighted by molar-refractivity contribution is 5.43. The van der Waals surface area contributed by atoms with Crippen molar-refractivity contribution in [3.63, 3.8) is 0 Å². The maximum Gasteiger partial charge on any atom is 0.275 e. The zero-order chi connectivity index (χ0) is 14.5. The largest absolute Gasteiger partial charge is 0.387 e. The van der Waals surface area contributed by atoms with Gasteiger partial charge in [0.1, 0.15) is 0 Å². The molecular weight excluding hydrogens is 254 g/mol. The third-order valence-corrected chi connectivity index (χ3v) is 3.23. The second-order valence-corrected chi connectivity index (χ2v) is 4.43. The van der Waals surface area contributed by atoms with Crippen LogP contribution in [-0.2, 0) is 0 Å². The molecule has 0 amide bonds. The Hall–Kier alpha value is -2.46. The zero-order valence-electron chi connectivity index (χ0n) is 10.8. The summed E-state index contributed by atoms with van der Waals surface area (Å²) < 4.78 is 0. The lowest BCUT2D eigenvalue weighted by Gasteiger charge is -2.20. The Morgan fingerprint density at radius 1 is 1.10 bits per heavy atom. The van der Waals surface area contributed by atoms with E-state index in [1.54, 1.807) is 24.3 Å². The molecule has 2 atom stereocenters. The van der Waals surface area contributed by atoms with Crippen LogP contribution in [0.15, 0.2) is 67.3 Å². The smallest absolute Gasteiger partial charge is 0.275 e. The molecule has 0 saturated heterocycles. The summed E-state index contributed by atoms with van der Waals surface area (Å²) in [6, 6.07) is 15.5. The molecule has 1 N–H and O–H groups in total. The highest BCUT2D eigenvalue weighted by Gasteiger charge is 2.26. The topological polar surface area (TPSA) is 63.4 Å². The fraction of sp³-hybridized carbons (Fsp3) is 0.125. The summed E-state index contributed by atoms with van der Waals surface area (Å²) >= 11 is 0. The van der Waals surface area contributed by atoms with Crippen molar-refractivity contribution in [2.45, 2.75) is 12.0 Å². The van der Waals surface area contributed by atoms with E-state index in [1.807, 2.05) is 30.3 Å². The fourth-order valence-electron chi connectivity index (χ4n) is 2.22. The van der Waals surface area contributed by atoms with Gasteiger partial charge in [-0.05, 0) is 11.6 Å². The molecule has 2 rings (SSSR count). The highest BCUT2D eigenvalue weighted by atomic mass is 16.6. The van der Waals surface area contributed by atoms with Crippen molar-refractivity contribution in [1.82, 2.24) is 0 Å². The fourth-order valence-corrected chi connectivity index (χ4v) is 2.22. The molecule has 0 heterocycles. The van der Waals surface area contributed by atoms with E-state index < -0.39 is 16.9 Å². The molecule has 4 heteroatoms. The molecule has 2 aromatic rings. The van der Waals surface area contributed by atoms with Crippen molar-refractivity contribution in [3.05, 3.63) is 88.5 Å². The average molecular weight is 269 g/mol. The predicted octanol–water partition coefficient (Wildman–Crippen LogP) is 3.60. The third-order valence-electron chi connectivity index (χ3n) is 3.23. The van der Waals surface area contributed by atoms with Crippen molar-refractivity contribution in [3.8, 4) is 0 Å². The highest BCUT2D eigenvalue weighted by Crippen LogP contribution is 2.35. The molecule has 0 unspecified atom stereocenters. The Kier molecular flexibility index (Phi) is 4.27. The van der Waals surface area contributed by atoms with Gasteiger partial charge in [-0.2, -0.15) is 0 Å². The summed E-state index contributed by atoms with van der Waals surface area (Å²) in [6.07, 6.45) is 0.605. The van der Waals surface area contributed by atoms with Crippen molar-refractivity contribution < 1.29 is 10.0 Å². The van der Waals surface area contributed by atoms with Gasteiger partial charge in [-0.3, -0.25) is 10.1 Å². The maximum atomic E-state index is 11.0. The number of rotatable bonds is 5. The first-order valence-corrected chi connectivity index (χ1v) is 6.24. The van der Waals surface area contributed by atoms with Gasteiger partial charge in [-0.15, -0.1) is 6.58 Å². The Balaban J connectivity index is 2.42. The lowest BCUT2D eigenvalue weighted by atomic mass is 9.88. The standard InChI is InChI=1S/C16H15NO3/c1-2-13(12-8-4-3-5-9-12)16(18)14-10-6-7-11-15(14)17(19)20/h2-11,13,16,18H,1H2/t13-,16-/m0/s1. The normalized spacial score (nSPS) is 13.4. The molecule has 0 aliphatic carbocycles. The van der Waals surface area contributed by atoms with Gasteiger partial charge in [-0.1, -0.05) is 48.5 Å². The molecular formula is C16H15NO3. The van der Waals surface area contributed by atoms with Crippen molar-refractivity contribution in [2.75, 3.05) is 0 Å². The molecule has 20 heavy (non-hydrogen) atoms. The van der Waals surface area contributed by atoms with Gasteiger partial charge >= 0.3 is 0 Å². The van der Waals surface area contributed by atoms with Gasteiger partial charge in [0.15, 0.2) is 0 Å². The SMILES string of the molecule is C=C[C@@H](c1ccccc1)[C@H](O)c1ccccc1[N+](=O)[O-]. The van der Waals surface area contributed by atoms with Crippen LogP contribution in [0.1, 0.15) is 23.1 Å². The van der Waals surface area contributed by atoms with E-state index in [1.165, 1.54) is 6.07 Å². The van der Waals surface area contributed by atoms with E-state index in [0.29, 0.717) is 5.56 Å². The Morgan fingerprint density at radius 3 is 2.30 bits per heavy atom. The molecule has 0 aliphatic heterocycles. The third kappa shape index (κ3) is 2.75. The van der Waals surface area contributed by atoms with Crippen LogP contribution in [0, 0.1) is 10.1 Å². The van der Waals surface area contributed by atoms with Gasteiger partial charge in [0.25, 0.3) is 5.69 Å². The van der Waals surface area contributed by atoms with Crippen molar-refractivity contribution in [1.29, 1.82) is 0 Å². The van der Waals surface area contributed by atoms with E-state index >= 15 is 0 Å². The minimum Gasteiger partial charge on any atom is -0.387 e. The van der Waals surface area contributed by atoms with Crippen molar-refractivity contribution >= 4 is 5.69 Å². The molecule has 102 valence electrons. The second-order valence-electron chi connectivity index (χ2n) is 4.43. The van der Waals surface area contributed by atoms with Crippen LogP contribution >= 0.6 is 0 Å². The molecule has 0 spiro atoms. The lowest BCUT2D eigenvalue weighted by molar-refractivity contribution is -0.386. The second kappa shape index (κ2) is 6.12. The number of nitrogens with zero attached hydrogens (tertiary/aromatic N) is 1. The average Bonchev–Trinajstić information content (AvgIpc) is 2.49. The lowest BCUT2D eigenvalue weighted by Crippen LogP contribution is -2.10. The van der Waals surface area contributed by atoms with Crippen LogP contribution in [-0.4, -0.2) is 10.0 Å². The van der Waals surface area contributed by atoms with Gasteiger partial charge in [0.05, 0.1) is 16.6 Å². The number of hydrogen-bond acceptors (Lipinski definition) is 3. The number of nitro groups is 1.